The molecule has 0 aliphatic carbocycles. The van der Waals surface area contributed by atoms with Gasteiger partial charge in [0.1, 0.15) is 12.7 Å². The van der Waals surface area contributed by atoms with E-state index < -0.39 is 0 Å². The highest BCUT2D eigenvalue weighted by atomic mass is 16.2. The molecule has 0 unspecified atom stereocenters. The Labute approximate surface area is 131 Å². The van der Waals surface area contributed by atoms with Crippen molar-refractivity contribution in [3.05, 3.63) is 48.0 Å². The summed E-state index contributed by atoms with van der Waals surface area (Å²) < 4.78 is 1.71. The Bertz CT molecular complexity index is 623. The molecule has 1 aliphatic heterocycles. The van der Waals surface area contributed by atoms with Gasteiger partial charge in [0.25, 0.3) is 0 Å². The predicted molar refractivity (Wildman–Crippen MR) is 84.4 cm³/mol. The normalized spacial score (nSPS) is 18.4. The van der Waals surface area contributed by atoms with Crippen molar-refractivity contribution in [1.29, 1.82) is 0 Å². The number of benzene rings is 1. The van der Waals surface area contributed by atoms with Gasteiger partial charge in [-0.3, -0.25) is 9.48 Å². The second-order valence-corrected chi connectivity index (χ2v) is 6.00. The second kappa shape index (κ2) is 6.73. The monoisotopic (exact) mass is 298 g/mol. The number of amides is 1. The topological polar surface area (TPSA) is 51.0 Å². The Kier molecular flexibility index (Phi) is 4.51. The highest BCUT2D eigenvalue weighted by molar-refractivity contribution is 5.76. The van der Waals surface area contributed by atoms with Gasteiger partial charge in [0, 0.05) is 25.4 Å². The van der Waals surface area contributed by atoms with Crippen LogP contribution in [0.1, 0.15) is 36.3 Å². The van der Waals surface area contributed by atoms with Crippen molar-refractivity contribution in [3.8, 4) is 0 Å². The van der Waals surface area contributed by atoms with Crippen LogP contribution >= 0.6 is 0 Å². The van der Waals surface area contributed by atoms with Gasteiger partial charge in [0.2, 0.25) is 5.91 Å². The van der Waals surface area contributed by atoms with E-state index in [2.05, 4.69) is 41.3 Å². The molecule has 2 aromatic rings. The molecule has 0 radical (unpaired) electrons. The summed E-state index contributed by atoms with van der Waals surface area (Å²) in [5.41, 5.74) is 2.64. The van der Waals surface area contributed by atoms with Crippen LogP contribution in [0.3, 0.4) is 0 Å². The maximum Gasteiger partial charge on any atom is 0.224 e. The number of likely N-dealkylation sites (tertiary alicyclic amines) is 1. The molecule has 5 nitrogen and oxygen atoms in total. The SMILES string of the molecule is Cc1cccc([C@@H]2CCCN(C(=O)CCn3cncn3)C2)c1. The van der Waals surface area contributed by atoms with Gasteiger partial charge in [-0.2, -0.15) is 5.10 Å². The minimum Gasteiger partial charge on any atom is -0.342 e. The predicted octanol–water partition coefficient (Wildman–Crippen LogP) is 2.38. The molecule has 0 spiro atoms. The molecule has 22 heavy (non-hydrogen) atoms. The second-order valence-electron chi connectivity index (χ2n) is 6.00. The first-order valence-corrected chi connectivity index (χ1v) is 7.89. The number of carbonyl (C=O) groups is 1. The van der Waals surface area contributed by atoms with Crippen LogP contribution in [-0.2, 0) is 11.3 Å². The average molecular weight is 298 g/mol. The number of piperidine rings is 1. The van der Waals surface area contributed by atoms with Crippen LogP contribution in [0.15, 0.2) is 36.9 Å². The maximum atomic E-state index is 12.4. The number of rotatable bonds is 4. The third-order valence-electron chi connectivity index (χ3n) is 4.31. The van der Waals surface area contributed by atoms with Gasteiger partial charge < -0.3 is 4.90 Å². The van der Waals surface area contributed by atoms with Gasteiger partial charge >= 0.3 is 0 Å². The molecular weight excluding hydrogens is 276 g/mol. The third-order valence-corrected chi connectivity index (χ3v) is 4.31. The van der Waals surface area contributed by atoms with Crippen molar-refractivity contribution >= 4 is 5.91 Å². The lowest BCUT2D eigenvalue weighted by Gasteiger charge is -2.33. The van der Waals surface area contributed by atoms with E-state index in [0.717, 1.165) is 25.9 Å². The molecule has 116 valence electrons. The molecule has 1 aliphatic rings. The summed E-state index contributed by atoms with van der Waals surface area (Å²) in [5.74, 6) is 0.678. The molecule has 1 amide bonds. The van der Waals surface area contributed by atoms with Crippen molar-refractivity contribution in [2.75, 3.05) is 13.1 Å². The Morgan fingerprint density at radius 2 is 2.32 bits per heavy atom. The lowest BCUT2D eigenvalue weighted by Crippen LogP contribution is -2.39. The molecule has 0 bridgehead atoms. The van der Waals surface area contributed by atoms with Crippen LogP contribution in [0.5, 0.6) is 0 Å². The van der Waals surface area contributed by atoms with E-state index >= 15 is 0 Å². The zero-order valence-corrected chi connectivity index (χ0v) is 13.0. The first kappa shape index (κ1) is 14.8. The number of aryl methyl sites for hydroxylation is 2. The van der Waals surface area contributed by atoms with Crippen LogP contribution in [0, 0.1) is 6.92 Å². The van der Waals surface area contributed by atoms with E-state index in [0.29, 0.717) is 18.9 Å². The van der Waals surface area contributed by atoms with Gasteiger partial charge in [-0.1, -0.05) is 29.8 Å². The minimum atomic E-state index is 0.216. The number of hydrogen-bond donors (Lipinski definition) is 0. The van der Waals surface area contributed by atoms with Gasteiger partial charge in [-0.05, 0) is 25.3 Å². The van der Waals surface area contributed by atoms with Crippen LogP contribution in [0.2, 0.25) is 0 Å². The summed E-state index contributed by atoms with van der Waals surface area (Å²) in [6, 6.07) is 8.65. The average Bonchev–Trinajstić information content (AvgIpc) is 3.06. The van der Waals surface area contributed by atoms with E-state index in [9.17, 15) is 4.79 Å². The number of hydrogen-bond acceptors (Lipinski definition) is 3. The standard InChI is InChI=1S/C17H22N4O/c1-14-4-2-5-15(10-14)16-6-3-8-20(11-16)17(22)7-9-21-13-18-12-19-21/h2,4-5,10,12-13,16H,3,6-9,11H2,1H3/t16-/m1/s1. The summed E-state index contributed by atoms with van der Waals surface area (Å²) in [7, 11) is 0. The molecule has 1 atom stereocenters. The van der Waals surface area contributed by atoms with Crippen molar-refractivity contribution in [1.82, 2.24) is 19.7 Å². The Morgan fingerprint density at radius 3 is 3.09 bits per heavy atom. The minimum absolute atomic E-state index is 0.216. The Balaban J connectivity index is 1.59. The third kappa shape index (κ3) is 3.53. The number of carbonyl (C=O) groups excluding carboxylic acids is 1. The molecule has 3 rings (SSSR count). The lowest BCUT2D eigenvalue weighted by atomic mass is 9.89. The van der Waals surface area contributed by atoms with Crippen LogP contribution in [-0.4, -0.2) is 38.7 Å². The van der Waals surface area contributed by atoms with Gasteiger partial charge in [0.05, 0.1) is 6.54 Å². The smallest absolute Gasteiger partial charge is 0.224 e. The molecule has 0 saturated carbocycles. The molecule has 1 aromatic heterocycles. The molecule has 2 heterocycles. The van der Waals surface area contributed by atoms with Crippen molar-refractivity contribution < 1.29 is 4.79 Å². The summed E-state index contributed by atoms with van der Waals surface area (Å²) in [6.45, 7) is 4.43. The molecule has 1 saturated heterocycles. The van der Waals surface area contributed by atoms with Crippen LogP contribution in [0.4, 0.5) is 0 Å². The largest absolute Gasteiger partial charge is 0.342 e. The van der Waals surface area contributed by atoms with E-state index in [1.807, 2.05) is 4.90 Å². The summed E-state index contributed by atoms with van der Waals surface area (Å²) >= 11 is 0. The number of nitrogens with zero attached hydrogens (tertiary/aromatic N) is 4. The fourth-order valence-electron chi connectivity index (χ4n) is 3.12. The molecule has 1 fully saturated rings. The van der Waals surface area contributed by atoms with Crippen LogP contribution in [0.25, 0.3) is 0 Å². The zero-order valence-electron chi connectivity index (χ0n) is 13.0. The highest BCUT2D eigenvalue weighted by Crippen LogP contribution is 2.27. The summed E-state index contributed by atoms with van der Waals surface area (Å²) in [4.78, 5) is 18.3. The van der Waals surface area contributed by atoms with Crippen molar-refractivity contribution in [2.45, 2.75) is 38.6 Å². The quantitative estimate of drug-likeness (QED) is 0.871. The van der Waals surface area contributed by atoms with E-state index in [4.69, 9.17) is 0 Å². The fraction of sp³-hybridized carbons (Fsp3) is 0.471. The van der Waals surface area contributed by atoms with Gasteiger partial charge in [-0.15, -0.1) is 0 Å². The molecule has 5 heteroatoms. The maximum absolute atomic E-state index is 12.4. The first-order chi connectivity index (χ1) is 10.7. The fourth-order valence-corrected chi connectivity index (χ4v) is 3.12. The molecular formula is C17H22N4O. The Morgan fingerprint density at radius 1 is 1.41 bits per heavy atom. The summed E-state index contributed by atoms with van der Waals surface area (Å²) in [6.07, 6.45) is 5.88. The van der Waals surface area contributed by atoms with E-state index in [1.165, 1.54) is 17.5 Å². The Hall–Kier alpha value is -2.17. The van der Waals surface area contributed by atoms with E-state index in [1.54, 1.807) is 11.0 Å². The van der Waals surface area contributed by atoms with Gasteiger partial charge in [0.15, 0.2) is 0 Å². The summed E-state index contributed by atoms with van der Waals surface area (Å²) in [5, 5.41) is 4.04. The van der Waals surface area contributed by atoms with Crippen LogP contribution < -0.4 is 0 Å². The van der Waals surface area contributed by atoms with E-state index in [-0.39, 0.29) is 5.91 Å². The van der Waals surface area contributed by atoms with Crippen molar-refractivity contribution in [2.24, 2.45) is 0 Å². The molecule has 0 N–H and O–H groups in total. The lowest BCUT2D eigenvalue weighted by molar-refractivity contribution is -0.132. The van der Waals surface area contributed by atoms with Gasteiger partial charge in [-0.25, -0.2) is 4.98 Å². The molecule has 1 aromatic carbocycles. The van der Waals surface area contributed by atoms with Crippen molar-refractivity contribution in [3.63, 3.8) is 0 Å². The highest BCUT2D eigenvalue weighted by Gasteiger charge is 2.24. The number of aromatic nitrogens is 3. The zero-order chi connectivity index (χ0) is 15.4. The first-order valence-electron chi connectivity index (χ1n) is 7.89.